The van der Waals surface area contributed by atoms with Gasteiger partial charge in [-0.25, -0.2) is 4.79 Å². The number of nitrogens with one attached hydrogen (secondary N) is 1. The van der Waals surface area contributed by atoms with Crippen molar-refractivity contribution >= 4 is 41.5 Å². The van der Waals surface area contributed by atoms with Gasteiger partial charge in [-0.3, -0.25) is 4.79 Å². The standard InChI is InChI=1S/C9H15NO6.Na.H/c1-6(10-3-8(13)14)2-9(15)16-5-7(12)4-11;;/h2,7,10-12H,3-5H2,1H3,(H,13,14);;/b6-2+;;. The maximum absolute atomic E-state index is 11.0. The van der Waals surface area contributed by atoms with Gasteiger partial charge in [0.2, 0.25) is 0 Å². The molecule has 94 valence electrons. The Bertz CT molecular complexity index is 281. The molecule has 0 saturated heterocycles. The number of esters is 1. The number of carbonyl (C=O) groups is 2. The number of ether oxygens (including phenoxy) is 1. The Hall–Kier alpha value is -0.600. The minimum atomic E-state index is -1.11. The van der Waals surface area contributed by atoms with Crippen molar-refractivity contribution in [1.29, 1.82) is 0 Å². The molecule has 0 fully saturated rings. The van der Waals surface area contributed by atoms with E-state index in [0.29, 0.717) is 5.70 Å². The van der Waals surface area contributed by atoms with E-state index >= 15 is 0 Å². The van der Waals surface area contributed by atoms with Crippen molar-refractivity contribution in [3.63, 3.8) is 0 Å². The molecule has 0 amide bonds. The van der Waals surface area contributed by atoms with Crippen LogP contribution in [0.15, 0.2) is 11.8 Å². The van der Waals surface area contributed by atoms with E-state index in [4.69, 9.17) is 15.3 Å². The van der Waals surface area contributed by atoms with E-state index in [1.807, 2.05) is 0 Å². The van der Waals surface area contributed by atoms with Crippen LogP contribution in [0, 0.1) is 0 Å². The normalized spacial score (nSPS) is 12.3. The van der Waals surface area contributed by atoms with Crippen LogP contribution in [-0.2, 0) is 14.3 Å². The Labute approximate surface area is 121 Å². The zero-order valence-corrected chi connectivity index (χ0v) is 8.84. The average molecular weight is 257 g/mol. The molecule has 0 aliphatic rings. The van der Waals surface area contributed by atoms with Gasteiger partial charge < -0.3 is 25.4 Å². The zero-order valence-electron chi connectivity index (χ0n) is 8.84. The van der Waals surface area contributed by atoms with Gasteiger partial charge in [0.1, 0.15) is 19.3 Å². The van der Waals surface area contributed by atoms with Crippen LogP contribution in [0.2, 0.25) is 0 Å². The van der Waals surface area contributed by atoms with Crippen LogP contribution >= 0.6 is 0 Å². The van der Waals surface area contributed by atoms with Gasteiger partial charge in [0, 0.05) is 11.8 Å². The Balaban J connectivity index is 0. The summed E-state index contributed by atoms with van der Waals surface area (Å²) in [7, 11) is 0. The molecule has 0 radical (unpaired) electrons. The third-order valence-electron chi connectivity index (χ3n) is 1.48. The summed E-state index contributed by atoms with van der Waals surface area (Å²) in [5.74, 6) is -1.76. The molecule has 17 heavy (non-hydrogen) atoms. The summed E-state index contributed by atoms with van der Waals surface area (Å²) in [6, 6.07) is 0. The number of rotatable bonds is 7. The van der Waals surface area contributed by atoms with Crippen LogP contribution < -0.4 is 5.32 Å². The fourth-order valence-electron chi connectivity index (χ4n) is 0.716. The second-order valence-electron chi connectivity index (χ2n) is 3.04. The van der Waals surface area contributed by atoms with E-state index < -0.39 is 24.6 Å². The number of carboxylic acid groups (broad SMARTS) is 1. The molecule has 0 aromatic rings. The van der Waals surface area contributed by atoms with Crippen LogP contribution in [0.3, 0.4) is 0 Å². The topological polar surface area (TPSA) is 116 Å². The molecule has 0 spiro atoms. The summed E-state index contributed by atoms with van der Waals surface area (Å²) in [6.07, 6.45) is -0.0443. The number of aliphatic carboxylic acids is 1. The van der Waals surface area contributed by atoms with E-state index in [2.05, 4.69) is 10.1 Å². The van der Waals surface area contributed by atoms with Gasteiger partial charge in [-0.05, 0) is 6.92 Å². The zero-order chi connectivity index (χ0) is 12.6. The van der Waals surface area contributed by atoms with Crippen LogP contribution in [0.5, 0.6) is 0 Å². The third-order valence-corrected chi connectivity index (χ3v) is 1.48. The molecule has 0 aromatic heterocycles. The van der Waals surface area contributed by atoms with E-state index in [9.17, 15) is 9.59 Å². The summed E-state index contributed by atoms with van der Waals surface area (Å²) in [5, 5.41) is 28.1. The first-order chi connectivity index (χ1) is 7.45. The van der Waals surface area contributed by atoms with E-state index in [-0.39, 0.29) is 42.7 Å². The number of aliphatic hydroxyl groups is 2. The molecule has 1 unspecified atom stereocenters. The number of hydrogen-bond donors (Lipinski definition) is 4. The second-order valence-corrected chi connectivity index (χ2v) is 3.04. The summed E-state index contributed by atoms with van der Waals surface area (Å²) in [5.41, 5.74) is 0.339. The maximum atomic E-state index is 11.0. The molecule has 8 heteroatoms. The fraction of sp³-hybridized carbons (Fsp3) is 0.556. The van der Waals surface area contributed by atoms with Crippen LogP contribution in [-0.4, -0.2) is 82.7 Å². The molecular weight excluding hydrogens is 241 g/mol. The minimum absolute atomic E-state index is 0. The quantitative estimate of drug-likeness (QED) is 0.232. The van der Waals surface area contributed by atoms with Gasteiger partial charge in [-0.1, -0.05) is 0 Å². The van der Waals surface area contributed by atoms with Gasteiger partial charge in [0.15, 0.2) is 0 Å². The number of allylic oxidation sites excluding steroid dienone is 1. The molecule has 0 rings (SSSR count). The first-order valence-corrected chi connectivity index (χ1v) is 4.55. The molecule has 0 aliphatic carbocycles. The summed E-state index contributed by atoms with van der Waals surface area (Å²) < 4.78 is 4.56. The van der Waals surface area contributed by atoms with Crippen LogP contribution in [0.1, 0.15) is 6.92 Å². The van der Waals surface area contributed by atoms with Crippen molar-refractivity contribution in [2.75, 3.05) is 19.8 Å². The van der Waals surface area contributed by atoms with Crippen molar-refractivity contribution in [2.45, 2.75) is 13.0 Å². The van der Waals surface area contributed by atoms with Crippen LogP contribution in [0.25, 0.3) is 0 Å². The third kappa shape index (κ3) is 11.7. The Morgan fingerprint density at radius 1 is 1.47 bits per heavy atom. The predicted molar refractivity (Wildman–Crippen MR) is 60.6 cm³/mol. The molecule has 0 aromatic carbocycles. The van der Waals surface area contributed by atoms with Gasteiger partial charge in [-0.2, -0.15) is 0 Å². The van der Waals surface area contributed by atoms with Crippen molar-refractivity contribution in [3.05, 3.63) is 11.8 Å². The van der Waals surface area contributed by atoms with Crippen molar-refractivity contribution in [1.82, 2.24) is 5.32 Å². The number of hydrogen-bond acceptors (Lipinski definition) is 6. The Morgan fingerprint density at radius 2 is 2.06 bits per heavy atom. The molecule has 4 N–H and O–H groups in total. The monoisotopic (exact) mass is 257 g/mol. The van der Waals surface area contributed by atoms with Gasteiger partial charge in [-0.15, -0.1) is 0 Å². The molecule has 1 atom stereocenters. The molecule has 7 nitrogen and oxygen atoms in total. The van der Waals surface area contributed by atoms with Crippen molar-refractivity contribution < 1.29 is 29.6 Å². The number of carbonyl (C=O) groups excluding carboxylic acids is 1. The van der Waals surface area contributed by atoms with E-state index in [1.54, 1.807) is 0 Å². The summed E-state index contributed by atoms with van der Waals surface area (Å²) in [4.78, 5) is 21.2. The van der Waals surface area contributed by atoms with Gasteiger partial charge >= 0.3 is 41.5 Å². The van der Waals surface area contributed by atoms with E-state index in [0.717, 1.165) is 6.08 Å². The first kappa shape index (κ1) is 18.8. The second kappa shape index (κ2) is 10.5. The van der Waals surface area contributed by atoms with Gasteiger partial charge in [0.25, 0.3) is 0 Å². The SMILES string of the molecule is C/C(=C\C(=O)OCC(O)CO)NCC(=O)O.[NaH]. The van der Waals surface area contributed by atoms with Crippen molar-refractivity contribution in [2.24, 2.45) is 0 Å². The fourth-order valence-corrected chi connectivity index (χ4v) is 0.716. The Kier molecular flexibility index (Phi) is 11.6. The number of aliphatic hydroxyl groups excluding tert-OH is 2. The molecule has 0 saturated carbocycles. The predicted octanol–water partition coefficient (Wildman–Crippen LogP) is -2.19. The van der Waals surface area contributed by atoms with Gasteiger partial charge in [0.05, 0.1) is 6.61 Å². The van der Waals surface area contributed by atoms with Crippen molar-refractivity contribution in [3.8, 4) is 0 Å². The van der Waals surface area contributed by atoms with E-state index in [1.165, 1.54) is 6.92 Å². The molecule has 0 bridgehead atoms. The molecular formula is C9H16NNaO6. The Morgan fingerprint density at radius 3 is 2.53 bits per heavy atom. The summed E-state index contributed by atoms with van der Waals surface area (Å²) in [6.45, 7) is 0.410. The molecule has 0 heterocycles. The first-order valence-electron chi connectivity index (χ1n) is 4.55. The molecule has 0 aliphatic heterocycles. The van der Waals surface area contributed by atoms with Crippen LogP contribution in [0.4, 0.5) is 0 Å². The number of carboxylic acids is 1. The average Bonchev–Trinajstić information content (AvgIpc) is 2.23. The summed E-state index contributed by atoms with van der Waals surface area (Å²) >= 11 is 0.